The van der Waals surface area contributed by atoms with Crippen molar-refractivity contribution in [1.82, 2.24) is 0 Å². The van der Waals surface area contributed by atoms with Crippen molar-refractivity contribution in [3.63, 3.8) is 0 Å². The van der Waals surface area contributed by atoms with Gasteiger partial charge in [-0.3, -0.25) is 0 Å². The van der Waals surface area contributed by atoms with E-state index in [1.165, 1.54) is 47.9 Å². The highest BCUT2D eigenvalue weighted by molar-refractivity contribution is 5.95. The van der Waals surface area contributed by atoms with Crippen molar-refractivity contribution in [2.45, 2.75) is 64.2 Å². The first-order valence-corrected chi connectivity index (χ1v) is 12.3. The van der Waals surface area contributed by atoms with Crippen LogP contribution in [0, 0.1) is 0 Å². The highest BCUT2D eigenvalue weighted by Crippen LogP contribution is 2.28. The number of benzene rings is 3. The first kappa shape index (κ1) is 22.4. The van der Waals surface area contributed by atoms with Crippen LogP contribution >= 0.6 is 0 Å². The minimum atomic E-state index is -1.02. The van der Waals surface area contributed by atoms with E-state index in [-0.39, 0.29) is 11.1 Å². The van der Waals surface area contributed by atoms with Gasteiger partial charge in [-0.05, 0) is 121 Å². The van der Waals surface area contributed by atoms with E-state index in [0.717, 1.165) is 36.8 Å². The van der Waals surface area contributed by atoms with Crippen LogP contribution in [0.2, 0.25) is 0 Å². The zero-order valence-corrected chi connectivity index (χ0v) is 19.4. The molecular formula is C30H30O4. The normalized spacial score (nSPS) is 14.8. The number of carbonyl (C=O) groups is 2. The molecule has 34 heavy (non-hydrogen) atoms. The van der Waals surface area contributed by atoms with Crippen LogP contribution in [0.5, 0.6) is 0 Å². The molecule has 0 radical (unpaired) electrons. The van der Waals surface area contributed by atoms with E-state index in [0.29, 0.717) is 24.0 Å². The summed E-state index contributed by atoms with van der Waals surface area (Å²) in [6.07, 6.45) is 9.89. The Hall–Kier alpha value is -3.40. The minimum absolute atomic E-state index is 0.190. The van der Waals surface area contributed by atoms with Gasteiger partial charge in [0.1, 0.15) is 0 Å². The Balaban J connectivity index is 1.49. The molecule has 5 rings (SSSR count). The topological polar surface area (TPSA) is 74.6 Å². The van der Waals surface area contributed by atoms with Gasteiger partial charge in [-0.15, -0.1) is 0 Å². The van der Waals surface area contributed by atoms with Gasteiger partial charge in [-0.25, -0.2) is 9.59 Å². The van der Waals surface area contributed by atoms with E-state index >= 15 is 0 Å². The molecule has 0 saturated heterocycles. The van der Waals surface area contributed by atoms with Crippen LogP contribution in [0.4, 0.5) is 0 Å². The maximum absolute atomic E-state index is 12.2. The molecule has 0 aliphatic heterocycles. The van der Waals surface area contributed by atoms with Crippen LogP contribution in [-0.2, 0) is 38.5 Å². The van der Waals surface area contributed by atoms with Gasteiger partial charge in [0.25, 0.3) is 0 Å². The molecular weight excluding hydrogens is 424 g/mol. The summed E-state index contributed by atoms with van der Waals surface area (Å²) >= 11 is 0. The van der Waals surface area contributed by atoms with Crippen molar-refractivity contribution in [2.75, 3.05) is 0 Å². The summed E-state index contributed by atoms with van der Waals surface area (Å²) in [5, 5.41) is 19.9. The molecule has 4 heteroatoms. The maximum Gasteiger partial charge on any atom is 0.335 e. The van der Waals surface area contributed by atoms with Gasteiger partial charge in [-0.1, -0.05) is 36.4 Å². The maximum atomic E-state index is 12.2. The number of carboxylic acid groups (broad SMARTS) is 2. The van der Waals surface area contributed by atoms with Crippen LogP contribution in [0.15, 0.2) is 48.5 Å². The van der Waals surface area contributed by atoms with Crippen molar-refractivity contribution in [3.05, 3.63) is 104 Å². The first-order valence-electron chi connectivity index (χ1n) is 12.3. The Morgan fingerprint density at radius 1 is 0.559 bits per heavy atom. The molecule has 0 fully saturated rings. The fourth-order valence-corrected chi connectivity index (χ4v) is 5.61. The fraction of sp³-hybridized carbons (Fsp3) is 0.333. The summed E-state index contributed by atoms with van der Waals surface area (Å²) in [4.78, 5) is 24.3. The second kappa shape index (κ2) is 9.46. The number of aryl methyl sites for hydroxylation is 4. The minimum Gasteiger partial charge on any atom is -0.478 e. The van der Waals surface area contributed by atoms with Crippen LogP contribution in [-0.4, -0.2) is 22.2 Å². The second-order valence-corrected chi connectivity index (χ2v) is 9.75. The second-order valence-electron chi connectivity index (χ2n) is 9.75. The number of aromatic carboxylic acids is 2. The molecule has 174 valence electrons. The highest BCUT2D eigenvalue weighted by Gasteiger charge is 2.20. The Bertz CT molecular complexity index is 1170. The molecule has 0 amide bonds. The van der Waals surface area contributed by atoms with E-state index in [9.17, 15) is 19.8 Å². The van der Waals surface area contributed by atoms with Gasteiger partial charge < -0.3 is 10.2 Å². The van der Waals surface area contributed by atoms with E-state index in [4.69, 9.17) is 0 Å². The number of hydrogen-bond acceptors (Lipinski definition) is 2. The van der Waals surface area contributed by atoms with Crippen LogP contribution in [0.3, 0.4) is 0 Å². The fourth-order valence-electron chi connectivity index (χ4n) is 5.61. The number of hydrogen-bond donors (Lipinski definition) is 2. The molecule has 0 heterocycles. The van der Waals surface area contributed by atoms with Gasteiger partial charge in [0.15, 0.2) is 0 Å². The zero-order chi connectivity index (χ0) is 23.7. The average molecular weight is 455 g/mol. The van der Waals surface area contributed by atoms with Crippen molar-refractivity contribution in [2.24, 2.45) is 0 Å². The molecule has 0 bridgehead atoms. The van der Waals surface area contributed by atoms with E-state index < -0.39 is 11.9 Å². The third-order valence-corrected chi connectivity index (χ3v) is 7.40. The Morgan fingerprint density at radius 2 is 0.941 bits per heavy atom. The Labute approximate surface area is 200 Å². The van der Waals surface area contributed by atoms with Crippen molar-refractivity contribution in [1.29, 1.82) is 0 Å². The first-order chi connectivity index (χ1) is 16.5. The Morgan fingerprint density at radius 3 is 1.32 bits per heavy atom. The SMILES string of the molecule is O=C(O)c1cc(Cc2ccc3c(c2)CCCC3)c(C(=O)O)cc1Cc1ccc2c(c1)CCCC2. The van der Waals surface area contributed by atoms with Gasteiger partial charge in [-0.2, -0.15) is 0 Å². The molecule has 2 aliphatic carbocycles. The van der Waals surface area contributed by atoms with Crippen molar-refractivity contribution in [3.8, 4) is 0 Å². The third kappa shape index (κ3) is 4.63. The van der Waals surface area contributed by atoms with E-state index in [1.54, 1.807) is 12.1 Å². The lowest BCUT2D eigenvalue weighted by molar-refractivity contribution is 0.0679. The molecule has 0 saturated carbocycles. The number of carboxylic acids is 2. The molecule has 2 N–H and O–H groups in total. The molecule has 2 aliphatic rings. The van der Waals surface area contributed by atoms with Gasteiger partial charge >= 0.3 is 11.9 Å². The lowest BCUT2D eigenvalue weighted by Crippen LogP contribution is -2.11. The smallest absolute Gasteiger partial charge is 0.335 e. The Kier molecular flexibility index (Phi) is 6.23. The monoisotopic (exact) mass is 454 g/mol. The van der Waals surface area contributed by atoms with E-state index in [2.05, 4.69) is 36.4 Å². The lowest BCUT2D eigenvalue weighted by atomic mass is 9.86. The molecule has 0 spiro atoms. The van der Waals surface area contributed by atoms with E-state index in [1.807, 2.05) is 0 Å². The highest BCUT2D eigenvalue weighted by atomic mass is 16.4. The van der Waals surface area contributed by atoms with Gasteiger partial charge in [0.2, 0.25) is 0 Å². The molecule has 0 unspecified atom stereocenters. The zero-order valence-electron chi connectivity index (χ0n) is 19.4. The summed E-state index contributed by atoms with van der Waals surface area (Å²) in [5.41, 5.74) is 8.96. The number of fused-ring (bicyclic) bond motifs is 2. The molecule has 3 aromatic rings. The molecule has 0 aromatic heterocycles. The average Bonchev–Trinajstić information content (AvgIpc) is 2.84. The summed E-state index contributed by atoms with van der Waals surface area (Å²) in [7, 11) is 0. The lowest BCUT2D eigenvalue weighted by Gasteiger charge is -2.18. The summed E-state index contributed by atoms with van der Waals surface area (Å²) in [6, 6.07) is 15.9. The quantitative estimate of drug-likeness (QED) is 0.477. The number of rotatable bonds is 6. The third-order valence-electron chi connectivity index (χ3n) is 7.40. The predicted molar refractivity (Wildman–Crippen MR) is 132 cm³/mol. The largest absolute Gasteiger partial charge is 0.478 e. The van der Waals surface area contributed by atoms with Crippen molar-refractivity contribution >= 4 is 11.9 Å². The van der Waals surface area contributed by atoms with Crippen molar-refractivity contribution < 1.29 is 19.8 Å². The predicted octanol–water partition coefficient (Wildman–Crippen LogP) is 6.02. The molecule has 0 atom stereocenters. The van der Waals surface area contributed by atoms with Gasteiger partial charge in [0, 0.05) is 0 Å². The summed E-state index contributed by atoms with van der Waals surface area (Å²) < 4.78 is 0. The van der Waals surface area contributed by atoms with Crippen LogP contribution < -0.4 is 0 Å². The van der Waals surface area contributed by atoms with Crippen LogP contribution in [0.1, 0.15) is 90.9 Å². The molecule has 3 aromatic carbocycles. The molecule has 4 nitrogen and oxygen atoms in total. The van der Waals surface area contributed by atoms with Gasteiger partial charge in [0.05, 0.1) is 11.1 Å². The summed E-state index contributed by atoms with van der Waals surface area (Å²) in [5.74, 6) is -2.03. The standard InChI is InChI=1S/C30H30O4/c31-29(32)27-18-26(16-20-10-12-22-6-2-4-8-24(22)14-20)28(30(33)34)17-25(27)15-19-9-11-21-5-1-3-7-23(21)13-19/h9-14,17-18H,1-8,15-16H2,(H,31,32)(H,33,34). The van der Waals surface area contributed by atoms with Crippen LogP contribution in [0.25, 0.3) is 0 Å². The summed E-state index contributed by atoms with van der Waals surface area (Å²) in [6.45, 7) is 0.